The summed E-state index contributed by atoms with van der Waals surface area (Å²) in [4.78, 5) is 1.86. The first-order valence-electron chi connectivity index (χ1n) is 9.14. The summed E-state index contributed by atoms with van der Waals surface area (Å²) >= 11 is 0. The van der Waals surface area contributed by atoms with Crippen LogP contribution in [0.5, 0.6) is 0 Å². The highest BCUT2D eigenvalue weighted by Crippen LogP contribution is 2.41. The second-order valence-corrected chi connectivity index (χ2v) is 7.43. The van der Waals surface area contributed by atoms with Crippen LogP contribution >= 0.6 is 0 Å². The van der Waals surface area contributed by atoms with Gasteiger partial charge in [0.1, 0.15) is 5.82 Å². The summed E-state index contributed by atoms with van der Waals surface area (Å²) in [6, 6.07) is 9.88. The second-order valence-electron chi connectivity index (χ2n) is 7.43. The molecule has 2 atom stereocenters. The van der Waals surface area contributed by atoms with Gasteiger partial charge >= 0.3 is 0 Å². The molecule has 1 aromatic heterocycles. The lowest BCUT2D eigenvalue weighted by Gasteiger charge is -2.41. The lowest BCUT2D eigenvalue weighted by molar-refractivity contribution is -0.0852. The van der Waals surface area contributed by atoms with Gasteiger partial charge in [0.25, 0.3) is 5.92 Å². The molecule has 2 aliphatic rings. The van der Waals surface area contributed by atoms with Crippen molar-refractivity contribution in [3.8, 4) is 0 Å². The Morgan fingerprint density at radius 3 is 2.58 bits per heavy atom. The van der Waals surface area contributed by atoms with Crippen LogP contribution in [-0.4, -0.2) is 46.5 Å². The van der Waals surface area contributed by atoms with Gasteiger partial charge < -0.3 is 9.64 Å². The molecule has 0 amide bonds. The standard InChI is InChI=1S/C19H24F2N4O/c1-13-16(8-9-26-13)17-22-23-18(24(2)15-10-19(20,21)11-15)25(17)12-14-6-4-3-5-7-14/h3-7,13,15-16H,8-12H2,1-2H3. The van der Waals surface area contributed by atoms with E-state index in [9.17, 15) is 8.78 Å². The fraction of sp³-hybridized carbons (Fsp3) is 0.579. The van der Waals surface area contributed by atoms with E-state index in [0.717, 1.165) is 17.8 Å². The quantitative estimate of drug-likeness (QED) is 0.817. The summed E-state index contributed by atoms with van der Waals surface area (Å²) in [7, 11) is 1.84. The maximum absolute atomic E-state index is 13.3. The minimum atomic E-state index is -2.56. The fourth-order valence-corrected chi connectivity index (χ4v) is 3.90. The molecule has 1 aliphatic carbocycles. The Hall–Kier alpha value is -2.02. The number of ether oxygens (including phenoxy) is 1. The van der Waals surface area contributed by atoms with Crippen molar-refractivity contribution in [2.24, 2.45) is 0 Å². The highest BCUT2D eigenvalue weighted by atomic mass is 19.3. The zero-order chi connectivity index (χ0) is 18.3. The van der Waals surface area contributed by atoms with E-state index in [1.54, 1.807) is 0 Å². The summed E-state index contributed by atoms with van der Waals surface area (Å²) in [5.74, 6) is -0.841. The predicted octanol–water partition coefficient (Wildman–Crippen LogP) is 3.45. The fourth-order valence-electron chi connectivity index (χ4n) is 3.90. The van der Waals surface area contributed by atoms with Gasteiger partial charge in [0.15, 0.2) is 0 Å². The van der Waals surface area contributed by atoms with Crippen molar-refractivity contribution in [2.45, 2.75) is 56.7 Å². The average molecular weight is 362 g/mol. The van der Waals surface area contributed by atoms with Crippen LogP contribution in [0, 0.1) is 0 Å². The second kappa shape index (κ2) is 6.61. The summed E-state index contributed by atoms with van der Waals surface area (Å²) < 4.78 is 34.4. The Morgan fingerprint density at radius 2 is 1.96 bits per heavy atom. The van der Waals surface area contributed by atoms with E-state index in [1.807, 2.05) is 30.1 Å². The number of hydrogen-bond acceptors (Lipinski definition) is 4. The molecule has 2 aromatic rings. The van der Waals surface area contributed by atoms with Gasteiger partial charge in [-0.2, -0.15) is 0 Å². The minimum Gasteiger partial charge on any atom is -0.378 e. The number of halogens is 2. The Balaban J connectivity index is 1.66. The van der Waals surface area contributed by atoms with Gasteiger partial charge in [0.2, 0.25) is 5.95 Å². The van der Waals surface area contributed by atoms with Gasteiger partial charge in [-0.1, -0.05) is 30.3 Å². The molecule has 1 saturated carbocycles. The molecule has 4 rings (SSSR count). The third-order valence-electron chi connectivity index (χ3n) is 5.58. The Kier molecular flexibility index (Phi) is 4.42. The molecule has 7 heteroatoms. The number of rotatable bonds is 5. The van der Waals surface area contributed by atoms with Crippen molar-refractivity contribution in [3.05, 3.63) is 41.7 Å². The van der Waals surface area contributed by atoms with E-state index in [0.29, 0.717) is 19.1 Å². The van der Waals surface area contributed by atoms with Crippen molar-refractivity contribution in [3.63, 3.8) is 0 Å². The van der Waals surface area contributed by atoms with Crippen molar-refractivity contribution in [1.29, 1.82) is 0 Å². The van der Waals surface area contributed by atoms with Crippen LogP contribution in [0.4, 0.5) is 14.7 Å². The van der Waals surface area contributed by atoms with Crippen LogP contribution in [-0.2, 0) is 11.3 Å². The van der Waals surface area contributed by atoms with Crippen LogP contribution in [0.3, 0.4) is 0 Å². The molecule has 2 heterocycles. The molecule has 140 valence electrons. The maximum atomic E-state index is 13.3. The van der Waals surface area contributed by atoms with Crippen LogP contribution in [0.15, 0.2) is 30.3 Å². The maximum Gasteiger partial charge on any atom is 0.252 e. The molecule has 1 aliphatic heterocycles. The molecule has 2 unspecified atom stereocenters. The largest absolute Gasteiger partial charge is 0.378 e. The Morgan fingerprint density at radius 1 is 1.23 bits per heavy atom. The highest BCUT2D eigenvalue weighted by molar-refractivity contribution is 5.36. The Bertz CT molecular complexity index is 756. The molecule has 0 spiro atoms. The number of benzene rings is 1. The molecule has 1 aromatic carbocycles. The van der Waals surface area contributed by atoms with Gasteiger partial charge in [-0.05, 0) is 18.9 Å². The van der Waals surface area contributed by atoms with Crippen LogP contribution in [0.1, 0.15) is 43.5 Å². The summed E-state index contributed by atoms with van der Waals surface area (Å²) in [6.45, 7) is 3.38. The van der Waals surface area contributed by atoms with Crippen molar-refractivity contribution < 1.29 is 13.5 Å². The van der Waals surface area contributed by atoms with Gasteiger partial charge in [-0.15, -0.1) is 10.2 Å². The topological polar surface area (TPSA) is 43.2 Å². The van der Waals surface area contributed by atoms with E-state index in [2.05, 4.69) is 33.8 Å². The summed E-state index contributed by atoms with van der Waals surface area (Å²) in [5.41, 5.74) is 1.13. The van der Waals surface area contributed by atoms with E-state index in [-0.39, 0.29) is 30.9 Å². The first kappa shape index (κ1) is 17.4. The van der Waals surface area contributed by atoms with Gasteiger partial charge in [-0.25, -0.2) is 8.78 Å². The SMILES string of the molecule is CC1OCCC1c1nnc(N(C)C2CC(F)(F)C2)n1Cc1ccccc1. The smallest absolute Gasteiger partial charge is 0.252 e. The Labute approximate surface area is 152 Å². The van der Waals surface area contributed by atoms with Crippen molar-refractivity contribution in [2.75, 3.05) is 18.6 Å². The number of alkyl halides is 2. The third kappa shape index (κ3) is 3.20. The molecule has 26 heavy (non-hydrogen) atoms. The first-order valence-corrected chi connectivity index (χ1v) is 9.14. The predicted molar refractivity (Wildman–Crippen MR) is 94.7 cm³/mol. The normalized spacial score (nSPS) is 25.2. The summed E-state index contributed by atoms with van der Waals surface area (Å²) in [5, 5.41) is 8.83. The zero-order valence-corrected chi connectivity index (χ0v) is 15.1. The summed E-state index contributed by atoms with van der Waals surface area (Å²) in [6.07, 6.45) is 0.735. The van der Waals surface area contributed by atoms with E-state index in [1.165, 1.54) is 0 Å². The lowest BCUT2D eigenvalue weighted by Crippen LogP contribution is -2.50. The molecule has 0 radical (unpaired) electrons. The average Bonchev–Trinajstić information content (AvgIpc) is 3.19. The molecule has 0 bridgehead atoms. The molecular formula is C19H24F2N4O. The van der Waals surface area contributed by atoms with E-state index >= 15 is 0 Å². The number of nitrogens with zero attached hydrogens (tertiary/aromatic N) is 4. The van der Waals surface area contributed by atoms with Crippen LogP contribution in [0.25, 0.3) is 0 Å². The van der Waals surface area contributed by atoms with Crippen LogP contribution < -0.4 is 4.90 Å². The zero-order valence-electron chi connectivity index (χ0n) is 15.1. The number of aromatic nitrogens is 3. The van der Waals surface area contributed by atoms with Gasteiger partial charge in [0, 0.05) is 38.5 Å². The van der Waals surface area contributed by atoms with E-state index < -0.39 is 5.92 Å². The monoisotopic (exact) mass is 362 g/mol. The minimum absolute atomic E-state index is 0.0833. The van der Waals surface area contributed by atoms with Gasteiger partial charge in [0.05, 0.1) is 12.6 Å². The lowest BCUT2D eigenvalue weighted by atomic mass is 9.87. The first-order chi connectivity index (χ1) is 12.4. The molecule has 0 N–H and O–H groups in total. The van der Waals surface area contributed by atoms with Crippen molar-refractivity contribution in [1.82, 2.24) is 14.8 Å². The number of anilines is 1. The van der Waals surface area contributed by atoms with E-state index in [4.69, 9.17) is 4.74 Å². The van der Waals surface area contributed by atoms with Crippen LogP contribution in [0.2, 0.25) is 0 Å². The third-order valence-corrected chi connectivity index (χ3v) is 5.58. The molecule has 1 saturated heterocycles. The highest BCUT2D eigenvalue weighted by Gasteiger charge is 2.48. The van der Waals surface area contributed by atoms with Gasteiger partial charge in [-0.3, -0.25) is 4.57 Å². The number of hydrogen-bond donors (Lipinski definition) is 0. The molecular weight excluding hydrogens is 338 g/mol. The van der Waals surface area contributed by atoms with Crippen molar-refractivity contribution >= 4 is 5.95 Å². The molecule has 2 fully saturated rings. The molecule has 5 nitrogen and oxygen atoms in total.